The van der Waals surface area contributed by atoms with Crippen LogP contribution < -0.4 is 4.90 Å². The zero-order valence-electron chi connectivity index (χ0n) is 16.2. The summed E-state index contributed by atoms with van der Waals surface area (Å²) in [5.74, 6) is 2.22. The lowest BCUT2D eigenvalue weighted by Crippen LogP contribution is -2.23. The van der Waals surface area contributed by atoms with Crippen molar-refractivity contribution in [2.24, 2.45) is 0 Å². The lowest BCUT2D eigenvalue weighted by Gasteiger charge is -2.19. The van der Waals surface area contributed by atoms with Gasteiger partial charge < -0.3 is 9.80 Å². The Morgan fingerprint density at radius 1 is 1.22 bits per heavy atom. The van der Waals surface area contributed by atoms with E-state index < -0.39 is 0 Å². The normalized spacial score (nSPS) is 16.9. The van der Waals surface area contributed by atoms with Crippen LogP contribution in [0.5, 0.6) is 0 Å². The number of rotatable bonds is 3. The molecule has 4 rings (SSSR count). The number of aromatic nitrogens is 2. The first-order valence-corrected chi connectivity index (χ1v) is 10.1. The summed E-state index contributed by atoms with van der Waals surface area (Å²) >= 11 is 1.61. The Bertz CT molecular complexity index is 990. The number of benzene rings is 1. The molecule has 1 aromatic carbocycles. The van der Waals surface area contributed by atoms with E-state index in [2.05, 4.69) is 33.1 Å². The fourth-order valence-corrected chi connectivity index (χ4v) is 5.21. The van der Waals surface area contributed by atoms with Crippen LogP contribution in [0.2, 0.25) is 0 Å². The maximum Gasteiger partial charge on any atom is 0.263 e. The number of thiophene rings is 1. The van der Waals surface area contributed by atoms with E-state index in [0.29, 0.717) is 5.92 Å². The molecule has 1 amide bonds. The zero-order valence-corrected chi connectivity index (χ0v) is 17.0. The fourth-order valence-electron chi connectivity index (χ4n) is 3.90. The van der Waals surface area contributed by atoms with Crippen molar-refractivity contribution in [3.8, 4) is 0 Å². The van der Waals surface area contributed by atoms with Crippen LogP contribution in [0, 0.1) is 13.8 Å². The molecule has 1 atom stereocenters. The zero-order chi connectivity index (χ0) is 19.1. The maximum absolute atomic E-state index is 12.8. The van der Waals surface area contributed by atoms with E-state index >= 15 is 0 Å². The van der Waals surface area contributed by atoms with E-state index in [9.17, 15) is 4.79 Å². The summed E-state index contributed by atoms with van der Waals surface area (Å²) in [6.07, 6.45) is 1.02. The Morgan fingerprint density at radius 3 is 2.74 bits per heavy atom. The van der Waals surface area contributed by atoms with Crippen molar-refractivity contribution in [3.05, 3.63) is 52.3 Å². The average molecular weight is 381 g/mol. The summed E-state index contributed by atoms with van der Waals surface area (Å²) in [6, 6.07) is 10.4. The fraction of sp³-hybridized carbons (Fsp3) is 0.381. The predicted octanol–water partition coefficient (Wildman–Crippen LogP) is 4.00. The van der Waals surface area contributed by atoms with Gasteiger partial charge in [-0.1, -0.05) is 18.2 Å². The molecule has 3 aromatic rings. The Hall–Kier alpha value is -2.47. The molecule has 1 saturated heterocycles. The van der Waals surface area contributed by atoms with Gasteiger partial charge in [0.1, 0.15) is 11.6 Å². The maximum atomic E-state index is 12.8. The molecule has 1 aliphatic rings. The van der Waals surface area contributed by atoms with Gasteiger partial charge in [0, 0.05) is 49.6 Å². The highest BCUT2D eigenvalue weighted by molar-refractivity contribution is 7.21. The van der Waals surface area contributed by atoms with Crippen LogP contribution in [0.1, 0.15) is 39.1 Å². The minimum absolute atomic E-state index is 0.0957. The molecule has 0 bridgehead atoms. The van der Waals surface area contributed by atoms with Crippen molar-refractivity contribution in [1.82, 2.24) is 14.9 Å². The van der Waals surface area contributed by atoms with E-state index in [1.807, 2.05) is 40.1 Å². The third kappa shape index (κ3) is 3.30. The molecule has 27 heavy (non-hydrogen) atoms. The Kier molecular flexibility index (Phi) is 4.60. The van der Waals surface area contributed by atoms with Crippen LogP contribution in [0.15, 0.2) is 30.3 Å². The molecular formula is C21H24N4OS. The Morgan fingerprint density at radius 2 is 2.00 bits per heavy atom. The van der Waals surface area contributed by atoms with Crippen molar-refractivity contribution < 1.29 is 4.79 Å². The Labute approximate surface area is 163 Å². The number of hydrogen-bond acceptors (Lipinski definition) is 5. The van der Waals surface area contributed by atoms with Crippen molar-refractivity contribution in [2.75, 3.05) is 32.1 Å². The predicted molar refractivity (Wildman–Crippen MR) is 111 cm³/mol. The molecule has 0 radical (unpaired) electrons. The standard InChI is InChI=1S/C21H24N4OS/c1-13-11-18(23-14(2)22-13)25-10-9-15(12-25)19-16-7-5-6-8-17(16)27-20(19)21(26)24(3)4/h5-8,11,15H,9-10,12H2,1-4H3/t15-/m0/s1. The van der Waals surface area contributed by atoms with Gasteiger partial charge in [0.05, 0.1) is 4.88 Å². The highest BCUT2D eigenvalue weighted by atomic mass is 32.1. The molecule has 0 unspecified atom stereocenters. The van der Waals surface area contributed by atoms with E-state index in [-0.39, 0.29) is 5.91 Å². The molecule has 1 aliphatic heterocycles. The van der Waals surface area contributed by atoms with Gasteiger partial charge in [-0.2, -0.15) is 0 Å². The molecule has 2 aromatic heterocycles. The van der Waals surface area contributed by atoms with Crippen LogP contribution in [-0.2, 0) is 0 Å². The minimum atomic E-state index is 0.0957. The van der Waals surface area contributed by atoms with Crippen molar-refractivity contribution >= 4 is 33.1 Å². The molecular weight excluding hydrogens is 356 g/mol. The largest absolute Gasteiger partial charge is 0.356 e. The van der Waals surface area contributed by atoms with Crippen molar-refractivity contribution in [1.29, 1.82) is 0 Å². The molecule has 0 aliphatic carbocycles. The lowest BCUT2D eigenvalue weighted by atomic mass is 9.95. The summed E-state index contributed by atoms with van der Waals surface area (Å²) in [5.41, 5.74) is 2.20. The number of carbonyl (C=O) groups excluding carboxylic acids is 1. The van der Waals surface area contributed by atoms with Gasteiger partial charge in [-0.3, -0.25) is 4.79 Å². The average Bonchev–Trinajstić information content (AvgIpc) is 3.24. The van der Waals surface area contributed by atoms with Gasteiger partial charge >= 0.3 is 0 Å². The first kappa shape index (κ1) is 17.9. The summed E-state index contributed by atoms with van der Waals surface area (Å²) in [4.78, 5) is 26.7. The number of nitrogens with zero attached hydrogens (tertiary/aromatic N) is 4. The summed E-state index contributed by atoms with van der Waals surface area (Å²) in [5, 5.41) is 1.22. The molecule has 3 heterocycles. The molecule has 6 heteroatoms. The minimum Gasteiger partial charge on any atom is -0.356 e. The molecule has 1 fully saturated rings. The second kappa shape index (κ2) is 6.93. The second-order valence-corrected chi connectivity index (χ2v) is 8.44. The van der Waals surface area contributed by atoms with Gasteiger partial charge in [-0.15, -0.1) is 11.3 Å². The van der Waals surface area contributed by atoms with Crippen molar-refractivity contribution in [2.45, 2.75) is 26.2 Å². The van der Waals surface area contributed by atoms with E-state index in [1.54, 1.807) is 16.2 Å². The highest BCUT2D eigenvalue weighted by Crippen LogP contribution is 2.41. The first-order valence-electron chi connectivity index (χ1n) is 9.24. The monoisotopic (exact) mass is 380 g/mol. The SMILES string of the molecule is Cc1cc(N2CC[C@H](c3c(C(=O)N(C)C)sc4ccccc34)C2)nc(C)n1. The lowest BCUT2D eigenvalue weighted by molar-refractivity contribution is 0.0831. The van der Waals surface area contributed by atoms with Crippen molar-refractivity contribution in [3.63, 3.8) is 0 Å². The number of aryl methyl sites for hydroxylation is 2. The van der Waals surface area contributed by atoms with Gasteiger partial charge in [-0.05, 0) is 37.3 Å². The number of carbonyl (C=O) groups is 1. The topological polar surface area (TPSA) is 49.3 Å². The summed E-state index contributed by atoms with van der Waals surface area (Å²) in [7, 11) is 3.65. The van der Waals surface area contributed by atoms with Crippen LogP contribution >= 0.6 is 11.3 Å². The number of amides is 1. The van der Waals surface area contributed by atoms with E-state index in [1.165, 1.54) is 15.6 Å². The van der Waals surface area contributed by atoms with Crippen LogP contribution in [-0.4, -0.2) is 48.0 Å². The summed E-state index contributed by atoms with van der Waals surface area (Å²) < 4.78 is 1.19. The molecule has 140 valence electrons. The Balaban J connectivity index is 1.72. The molecule has 5 nitrogen and oxygen atoms in total. The van der Waals surface area contributed by atoms with Crippen LogP contribution in [0.3, 0.4) is 0 Å². The van der Waals surface area contributed by atoms with Gasteiger partial charge in [0.2, 0.25) is 0 Å². The van der Waals surface area contributed by atoms with Gasteiger partial charge in [0.25, 0.3) is 5.91 Å². The first-order chi connectivity index (χ1) is 12.9. The third-order valence-corrected chi connectivity index (χ3v) is 6.28. The summed E-state index contributed by atoms with van der Waals surface area (Å²) in [6.45, 7) is 5.76. The number of hydrogen-bond donors (Lipinski definition) is 0. The molecule has 0 saturated carbocycles. The van der Waals surface area contributed by atoms with Crippen LogP contribution in [0.25, 0.3) is 10.1 Å². The quantitative estimate of drug-likeness (QED) is 0.689. The second-order valence-electron chi connectivity index (χ2n) is 7.39. The van der Waals surface area contributed by atoms with E-state index in [0.717, 1.165) is 41.7 Å². The highest BCUT2D eigenvalue weighted by Gasteiger charge is 2.31. The van der Waals surface area contributed by atoms with Gasteiger partial charge in [-0.25, -0.2) is 9.97 Å². The van der Waals surface area contributed by atoms with E-state index in [4.69, 9.17) is 0 Å². The van der Waals surface area contributed by atoms with Crippen LogP contribution in [0.4, 0.5) is 5.82 Å². The molecule has 0 spiro atoms. The third-order valence-electron chi connectivity index (χ3n) is 5.11. The molecule has 0 N–H and O–H groups in total. The number of anilines is 1. The smallest absolute Gasteiger partial charge is 0.263 e. The van der Waals surface area contributed by atoms with Gasteiger partial charge in [0.15, 0.2) is 0 Å². The number of fused-ring (bicyclic) bond motifs is 1.